The number of carbonyl (C=O) groups excluding carboxylic acids is 1. The first-order valence-corrected chi connectivity index (χ1v) is 7.63. The third kappa shape index (κ3) is 2.07. The van der Waals surface area contributed by atoms with Gasteiger partial charge in [-0.05, 0) is 19.1 Å². The minimum Gasteiger partial charge on any atom is -0.350 e. The number of para-hydroxylation sites is 1. The van der Waals surface area contributed by atoms with Gasteiger partial charge in [0.15, 0.2) is 0 Å². The Kier molecular flexibility index (Phi) is 3.40. The van der Waals surface area contributed by atoms with Crippen molar-refractivity contribution in [3.05, 3.63) is 40.9 Å². The van der Waals surface area contributed by atoms with Crippen LogP contribution in [0.3, 0.4) is 0 Å². The van der Waals surface area contributed by atoms with Crippen LogP contribution in [0.4, 0.5) is 0 Å². The number of thioether (sulfide) groups is 1. The molecule has 0 radical (unpaired) electrons. The number of amides is 1. The highest BCUT2D eigenvalue weighted by atomic mass is 32.2. The summed E-state index contributed by atoms with van der Waals surface area (Å²) in [6.07, 6.45) is 3.99. The average Bonchev–Trinajstić information content (AvgIpc) is 2.89. The second-order valence-electron chi connectivity index (χ2n) is 4.64. The van der Waals surface area contributed by atoms with Crippen molar-refractivity contribution in [3.63, 3.8) is 0 Å². The second kappa shape index (κ2) is 5.07. The molecule has 0 spiro atoms. The number of aromatic nitrogens is 1. The van der Waals surface area contributed by atoms with E-state index in [1.54, 1.807) is 4.90 Å². The van der Waals surface area contributed by atoms with Gasteiger partial charge in [0.25, 0.3) is 5.91 Å². The summed E-state index contributed by atoms with van der Waals surface area (Å²) < 4.78 is 2.71. The summed E-state index contributed by atoms with van der Waals surface area (Å²) in [5.74, 6) is 0.00966. The van der Waals surface area contributed by atoms with Crippen LogP contribution < -0.4 is 0 Å². The first-order valence-electron chi connectivity index (χ1n) is 6.41. The standard InChI is InChI=1S/C15H14N2OS2/c1-3-17-14(18)13(20-15(17)19)8-10-9-16(2)12-7-5-4-6-11(10)12/h4-9H,3H2,1-2H3. The van der Waals surface area contributed by atoms with E-state index in [1.807, 2.05) is 38.4 Å². The Morgan fingerprint density at radius 2 is 2.10 bits per heavy atom. The number of nitrogens with zero attached hydrogens (tertiary/aromatic N) is 2. The summed E-state index contributed by atoms with van der Waals surface area (Å²) in [4.78, 5) is 14.6. The third-order valence-electron chi connectivity index (χ3n) is 3.40. The molecule has 0 atom stereocenters. The van der Waals surface area contributed by atoms with Crippen LogP contribution in [0, 0.1) is 0 Å². The van der Waals surface area contributed by atoms with Gasteiger partial charge in [0.05, 0.1) is 4.91 Å². The van der Waals surface area contributed by atoms with E-state index in [2.05, 4.69) is 16.7 Å². The molecule has 1 saturated heterocycles. The van der Waals surface area contributed by atoms with E-state index in [9.17, 15) is 4.79 Å². The zero-order valence-corrected chi connectivity index (χ0v) is 12.9. The van der Waals surface area contributed by atoms with Crippen LogP contribution in [0.1, 0.15) is 12.5 Å². The number of fused-ring (bicyclic) bond motifs is 1. The molecule has 5 heteroatoms. The predicted molar refractivity (Wildman–Crippen MR) is 88.5 cm³/mol. The van der Waals surface area contributed by atoms with Gasteiger partial charge < -0.3 is 4.57 Å². The molecule has 3 nitrogen and oxygen atoms in total. The van der Waals surface area contributed by atoms with E-state index in [1.165, 1.54) is 11.8 Å². The molecule has 1 amide bonds. The van der Waals surface area contributed by atoms with Gasteiger partial charge in [-0.2, -0.15) is 0 Å². The van der Waals surface area contributed by atoms with Crippen LogP contribution in [0.15, 0.2) is 35.4 Å². The third-order valence-corrected chi connectivity index (χ3v) is 4.78. The Balaban J connectivity index is 2.08. The predicted octanol–water partition coefficient (Wildman–Crippen LogP) is 3.40. The van der Waals surface area contributed by atoms with Crippen molar-refractivity contribution < 1.29 is 4.79 Å². The second-order valence-corrected chi connectivity index (χ2v) is 6.31. The van der Waals surface area contributed by atoms with Crippen molar-refractivity contribution in [1.82, 2.24) is 9.47 Å². The number of thiocarbonyl (C=S) groups is 1. The molecule has 2 aromatic rings. The summed E-state index contributed by atoms with van der Waals surface area (Å²) >= 11 is 6.61. The Bertz CT molecular complexity index is 745. The summed E-state index contributed by atoms with van der Waals surface area (Å²) in [6.45, 7) is 2.56. The van der Waals surface area contributed by atoms with Crippen LogP contribution >= 0.6 is 24.0 Å². The van der Waals surface area contributed by atoms with Crippen molar-refractivity contribution in [1.29, 1.82) is 0 Å². The maximum atomic E-state index is 12.2. The smallest absolute Gasteiger partial charge is 0.266 e. The maximum Gasteiger partial charge on any atom is 0.266 e. The Morgan fingerprint density at radius 3 is 2.80 bits per heavy atom. The molecule has 1 aliphatic rings. The van der Waals surface area contributed by atoms with E-state index in [0.717, 1.165) is 16.5 Å². The molecule has 102 valence electrons. The molecule has 1 aromatic heterocycles. The van der Waals surface area contributed by atoms with E-state index in [-0.39, 0.29) is 5.91 Å². The fourth-order valence-electron chi connectivity index (χ4n) is 2.40. The fourth-order valence-corrected chi connectivity index (χ4v) is 3.78. The highest BCUT2D eigenvalue weighted by Gasteiger charge is 2.30. The number of likely N-dealkylation sites (N-methyl/N-ethyl adjacent to an activating group) is 1. The van der Waals surface area contributed by atoms with Gasteiger partial charge in [0, 0.05) is 36.3 Å². The van der Waals surface area contributed by atoms with Gasteiger partial charge in [-0.3, -0.25) is 9.69 Å². The van der Waals surface area contributed by atoms with Gasteiger partial charge in [-0.15, -0.1) is 0 Å². The van der Waals surface area contributed by atoms with Crippen LogP contribution in [-0.4, -0.2) is 26.2 Å². The first kappa shape index (κ1) is 13.4. The lowest BCUT2D eigenvalue weighted by Gasteiger charge is -2.09. The number of carbonyl (C=O) groups is 1. The molecule has 0 saturated carbocycles. The Hall–Kier alpha value is -1.59. The molecule has 1 aliphatic heterocycles. The molecule has 2 heterocycles. The van der Waals surface area contributed by atoms with Crippen molar-refractivity contribution in [2.24, 2.45) is 7.05 Å². The van der Waals surface area contributed by atoms with Crippen molar-refractivity contribution in [2.45, 2.75) is 6.92 Å². The molecule has 1 fully saturated rings. The Morgan fingerprint density at radius 1 is 1.35 bits per heavy atom. The molecular formula is C15H14N2OS2. The van der Waals surface area contributed by atoms with E-state index < -0.39 is 0 Å². The van der Waals surface area contributed by atoms with Gasteiger partial charge >= 0.3 is 0 Å². The van der Waals surface area contributed by atoms with Crippen molar-refractivity contribution >= 4 is 51.2 Å². The quantitative estimate of drug-likeness (QED) is 0.628. The normalized spacial score (nSPS) is 17.7. The van der Waals surface area contributed by atoms with E-state index >= 15 is 0 Å². The molecule has 3 rings (SSSR count). The van der Waals surface area contributed by atoms with Crippen molar-refractivity contribution in [2.75, 3.05) is 6.54 Å². The van der Waals surface area contributed by atoms with Crippen LogP contribution in [0.2, 0.25) is 0 Å². The number of hydrogen-bond acceptors (Lipinski definition) is 3. The highest BCUT2D eigenvalue weighted by Crippen LogP contribution is 2.33. The number of aryl methyl sites for hydroxylation is 1. The molecule has 0 N–H and O–H groups in total. The first-order chi connectivity index (χ1) is 9.61. The zero-order chi connectivity index (χ0) is 14.3. The average molecular weight is 302 g/mol. The van der Waals surface area contributed by atoms with Crippen LogP contribution in [-0.2, 0) is 11.8 Å². The van der Waals surface area contributed by atoms with Gasteiger partial charge in [-0.1, -0.05) is 42.2 Å². The summed E-state index contributed by atoms with van der Waals surface area (Å²) in [7, 11) is 2.01. The summed E-state index contributed by atoms with van der Waals surface area (Å²) in [5, 5.41) is 1.15. The molecule has 20 heavy (non-hydrogen) atoms. The minimum atomic E-state index is 0.00966. The van der Waals surface area contributed by atoms with Crippen LogP contribution in [0.25, 0.3) is 17.0 Å². The summed E-state index contributed by atoms with van der Waals surface area (Å²) in [6, 6.07) is 8.17. The lowest BCUT2D eigenvalue weighted by Crippen LogP contribution is -2.27. The minimum absolute atomic E-state index is 0.00966. The zero-order valence-electron chi connectivity index (χ0n) is 11.3. The lowest BCUT2D eigenvalue weighted by atomic mass is 10.1. The topological polar surface area (TPSA) is 25.2 Å². The highest BCUT2D eigenvalue weighted by molar-refractivity contribution is 8.26. The maximum absolute atomic E-state index is 12.2. The lowest BCUT2D eigenvalue weighted by molar-refractivity contribution is -0.121. The molecular weight excluding hydrogens is 288 g/mol. The fraction of sp³-hybridized carbons (Fsp3) is 0.200. The molecule has 0 aliphatic carbocycles. The van der Waals surface area contributed by atoms with E-state index in [4.69, 9.17) is 12.2 Å². The molecule has 1 aromatic carbocycles. The van der Waals surface area contributed by atoms with Gasteiger partial charge in [-0.25, -0.2) is 0 Å². The number of benzene rings is 1. The molecule has 0 unspecified atom stereocenters. The van der Waals surface area contributed by atoms with Gasteiger partial charge in [0.1, 0.15) is 4.32 Å². The number of rotatable bonds is 2. The van der Waals surface area contributed by atoms with Crippen molar-refractivity contribution in [3.8, 4) is 0 Å². The molecule has 0 bridgehead atoms. The Labute approximate surface area is 127 Å². The van der Waals surface area contributed by atoms with Gasteiger partial charge in [0.2, 0.25) is 0 Å². The number of hydrogen-bond donors (Lipinski definition) is 0. The van der Waals surface area contributed by atoms with Crippen LogP contribution in [0.5, 0.6) is 0 Å². The summed E-state index contributed by atoms with van der Waals surface area (Å²) in [5.41, 5.74) is 2.21. The largest absolute Gasteiger partial charge is 0.350 e. The SMILES string of the molecule is CCN1C(=O)C(=Cc2cn(C)c3ccccc23)SC1=S. The monoisotopic (exact) mass is 302 g/mol. The van der Waals surface area contributed by atoms with E-state index in [0.29, 0.717) is 15.8 Å².